The lowest BCUT2D eigenvalue weighted by molar-refractivity contribution is 0.105. The van der Waals surface area contributed by atoms with Gasteiger partial charge in [0.15, 0.2) is 0 Å². The van der Waals surface area contributed by atoms with Gasteiger partial charge in [-0.3, -0.25) is 4.90 Å². The van der Waals surface area contributed by atoms with Gasteiger partial charge in [-0.2, -0.15) is 0 Å². The van der Waals surface area contributed by atoms with Crippen LogP contribution in [0, 0.1) is 11.8 Å². The molecule has 0 unspecified atom stereocenters. The number of aliphatic hydroxyl groups is 1. The second kappa shape index (κ2) is 11.4. The van der Waals surface area contributed by atoms with Crippen LogP contribution < -0.4 is 0 Å². The second-order valence-corrected chi connectivity index (χ2v) is 8.18. The lowest BCUT2D eigenvalue weighted by Crippen LogP contribution is -2.48. The molecule has 4 heteroatoms. The SMILES string of the molecule is CC(C)CN(C)C1CCC1.CC(C)CN1CCN(CCO)CC1. The highest BCUT2D eigenvalue weighted by Crippen LogP contribution is 2.23. The zero-order valence-electron chi connectivity index (χ0n) is 16.3. The van der Waals surface area contributed by atoms with Crippen molar-refractivity contribution < 1.29 is 5.11 Å². The molecule has 1 saturated heterocycles. The van der Waals surface area contributed by atoms with Crippen LogP contribution in [0.3, 0.4) is 0 Å². The molecule has 138 valence electrons. The van der Waals surface area contributed by atoms with Crippen LogP contribution >= 0.6 is 0 Å². The van der Waals surface area contributed by atoms with Gasteiger partial charge in [0.05, 0.1) is 6.61 Å². The van der Waals surface area contributed by atoms with E-state index in [1.807, 2.05) is 0 Å². The Morgan fingerprint density at radius 3 is 1.91 bits per heavy atom. The van der Waals surface area contributed by atoms with Crippen LogP contribution in [0.25, 0.3) is 0 Å². The van der Waals surface area contributed by atoms with E-state index in [1.54, 1.807) is 0 Å². The maximum absolute atomic E-state index is 8.77. The third-order valence-electron chi connectivity index (χ3n) is 4.86. The van der Waals surface area contributed by atoms with Gasteiger partial charge in [-0.1, -0.05) is 34.1 Å². The predicted molar refractivity (Wildman–Crippen MR) is 99.9 cm³/mol. The highest BCUT2D eigenvalue weighted by molar-refractivity contribution is 4.78. The van der Waals surface area contributed by atoms with Crippen molar-refractivity contribution in [1.82, 2.24) is 14.7 Å². The standard InChI is InChI=1S/C10H22N2O.C9H19N/c1-10(2)9-12-5-3-11(4-6-12)7-8-13;1-8(2)7-10(3)9-5-4-6-9/h10,13H,3-9H2,1-2H3;8-9H,4-7H2,1-3H3. The van der Waals surface area contributed by atoms with E-state index in [4.69, 9.17) is 5.11 Å². The first-order valence-corrected chi connectivity index (χ1v) is 9.68. The fourth-order valence-electron chi connectivity index (χ4n) is 3.41. The smallest absolute Gasteiger partial charge is 0.0558 e. The van der Waals surface area contributed by atoms with Crippen molar-refractivity contribution in [2.24, 2.45) is 11.8 Å². The summed E-state index contributed by atoms with van der Waals surface area (Å²) in [5.74, 6) is 1.59. The summed E-state index contributed by atoms with van der Waals surface area (Å²) in [6.45, 7) is 17.3. The summed E-state index contributed by atoms with van der Waals surface area (Å²) < 4.78 is 0. The molecule has 2 aliphatic rings. The van der Waals surface area contributed by atoms with Crippen LogP contribution in [0.2, 0.25) is 0 Å². The summed E-state index contributed by atoms with van der Waals surface area (Å²) in [5, 5.41) is 8.77. The van der Waals surface area contributed by atoms with Crippen molar-refractivity contribution in [1.29, 1.82) is 0 Å². The van der Waals surface area contributed by atoms with Crippen LogP contribution in [0.15, 0.2) is 0 Å². The largest absolute Gasteiger partial charge is 0.395 e. The second-order valence-electron chi connectivity index (χ2n) is 8.18. The number of nitrogens with zero attached hydrogens (tertiary/aromatic N) is 3. The van der Waals surface area contributed by atoms with Crippen LogP contribution in [0.1, 0.15) is 47.0 Å². The van der Waals surface area contributed by atoms with Gasteiger partial charge in [0.1, 0.15) is 0 Å². The first kappa shape index (κ1) is 20.9. The first-order valence-electron chi connectivity index (χ1n) is 9.68. The van der Waals surface area contributed by atoms with E-state index in [0.717, 1.165) is 50.6 Å². The van der Waals surface area contributed by atoms with Crippen molar-refractivity contribution in [3.8, 4) is 0 Å². The molecule has 0 radical (unpaired) electrons. The molecule has 4 nitrogen and oxygen atoms in total. The fourth-order valence-corrected chi connectivity index (χ4v) is 3.41. The van der Waals surface area contributed by atoms with Crippen molar-refractivity contribution in [2.45, 2.75) is 53.0 Å². The van der Waals surface area contributed by atoms with Gasteiger partial charge in [0.2, 0.25) is 0 Å². The number of β-amino-alcohol motifs (C(OH)–C–C–N with tert-alkyl or cyclic N) is 1. The average Bonchev–Trinajstić information content (AvgIpc) is 2.38. The van der Waals surface area contributed by atoms with E-state index in [2.05, 4.69) is 49.4 Å². The molecule has 0 aromatic carbocycles. The highest BCUT2D eigenvalue weighted by atomic mass is 16.3. The van der Waals surface area contributed by atoms with Crippen molar-refractivity contribution in [2.75, 3.05) is 59.5 Å². The third-order valence-corrected chi connectivity index (χ3v) is 4.86. The molecule has 0 spiro atoms. The molecule has 0 amide bonds. The monoisotopic (exact) mass is 327 g/mol. The molecule has 1 aliphatic carbocycles. The molecule has 0 aromatic heterocycles. The van der Waals surface area contributed by atoms with E-state index < -0.39 is 0 Å². The minimum absolute atomic E-state index is 0.296. The maximum atomic E-state index is 8.77. The van der Waals surface area contributed by atoms with Crippen LogP contribution in [-0.4, -0.2) is 85.3 Å². The maximum Gasteiger partial charge on any atom is 0.0558 e. The summed E-state index contributed by atoms with van der Waals surface area (Å²) >= 11 is 0. The summed E-state index contributed by atoms with van der Waals surface area (Å²) in [5.41, 5.74) is 0. The first-order chi connectivity index (χ1) is 10.9. The number of hydrogen-bond donors (Lipinski definition) is 1. The molecule has 0 aromatic rings. The van der Waals surface area contributed by atoms with Gasteiger partial charge in [0, 0.05) is 51.9 Å². The van der Waals surface area contributed by atoms with Crippen LogP contribution in [-0.2, 0) is 0 Å². The Morgan fingerprint density at radius 2 is 1.52 bits per heavy atom. The number of piperazine rings is 1. The molecule has 0 atom stereocenters. The van der Waals surface area contributed by atoms with Gasteiger partial charge >= 0.3 is 0 Å². The molecular formula is C19H41N3O. The highest BCUT2D eigenvalue weighted by Gasteiger charge is 2.21. The van der Waals surface area contributed by atoms with Crippen LogP contribution in [0.5, 0.6) is 0 Å². The molecule has 1 aliphatic heterocycles. The normalized spacial score (nSPS) is 20.7. The molecule has 1 N–H and O–H groups in total. The minimum Gasteiger partial charge on any atom is -0.395 e. The van der Waals surface area contributed by atoms with Crippen LogP contribution in [0.4, 0.5) is 0 Å². The Kier molecular flexibility index (Phi) is 10.4. The average molecular weight is 328 g/mol. The quantitative estimate of drug-likeness (QED) is 0.777. The molecule has 2 rings (SSSR count). The van der Waals surface area contributed by atoms with E-state index in [-0.39, 0.29) is 0 Å². The predicted octanol–water partition coefficient (Wildman–Crippen LogP) is 2.38. The summed E-state index contributed by atoms with van der Waals surface area (Å²) in [4.78, 5) is 7.35. The molecule has 1 heterocycles. The summed E-state index contributed by atoms with van der Waals surface area (Å²) in [7, 11) is 2.25. The Balaban J connectivity index is 0.000000238. The van der Waals surface area contributed by atoms with Gasteiger partial charge in [-0.15, -0.1) is 0 Å². The van der Waals surface area contributed by atoms with E-state index in [9.17, 15) is 0 Å². The van der Waals surface area contributed by atoms with E-state index >= 15 is 0 Å². The Morgan fingerprint density at radius 1 is 0.957 bits per heavy atom. The number of aliphatic hydroxyl groups excluding tert-OH is 1. The molecule has 0 bridgehead atoms. The molecule has 1 saturated carbocycles. The van der Waals surface area contributed by atoms with Gasteiger partial charge in [-0.05, 0) is 31.7 Å². The molecular weight excluding hydrogens is 286 g/mol. The number of rotatable bonds is 7. The van der Waals surface area contributed by atoms with Gasteiger partial charge in [0.25, 0.3) is 0 Å². The van der Waals surface area contributed by atoms with Gasteiger partial charge in [-0.25, -0.2) is 0 Å². The third kappa shape index (κ3) is 9.04. The zero-order valence-corrected chi connectivity index (χ0v) is 16.3. The Bertz CT molecular complexity index is 284. The summed E-state index contributed by atoms with van der Waals surface area (Å²) in [6.07, 6.45) is 4.32. The van der Waals surface area contributed by atoms with E-state index in [1.165, 1.54) is 32.4 Å². The lowest BCUT2D eigenvalue weighted by Gasteiger charge is -2.35. The zero-order chi connectivity index (χ0) is 17.2. The van der Waals surface area contributed by atoms with Crippen molar-refractivity contribution in [3.05, 3.63) is 0 Å². The topological polar surface area (TPSA) is 30.0 Å². The molecule has 23 heavy (non-hydrogen) atoms. The number of hydrogen-bond acceptors (Lipinski definition) is 4. The summed E-state index contributed by atoms with van der Waals surface area (Å²) in [6, 6.07) is 0.919. The van der Waals surface area contributed by atoms with Crippen molar-refractivity contribution >= 4 is 0 Å². The van der Waals surface area contributed by atoms with Crippen molar-refractivity contribution in [3.63, 3.8) is 0 Å². The fraction of sp³-hybridized carbons (Fsp3) is 1.00. The lowest BCUT2D eigenvalue weighted by atomic mass is 9.91. The Hall–Kier alpha value is -0.160. The molecule has 2 fully saturated rings. The minimum atomic E-state index is 0.296. The van der Waals surface area contributed by atoms with E-state index in [0.29, 0.717) is 6.61 Å². The van der Waals surface area contributed by atoms with Gasteiger partial charge < -0.3 is 14.9 Å². The Labute approximate surface area is 144 Å².